The number of aromatic amines is 1. The zero-order chi connectivity index (χ0) is 13.4. The molecule has 4 nitrogen and oxygen atoms in total. The van der Waals surface area contributed by atoms with Crippen molar-refractivity contribution in [2.75, 3.05) is 0 Å². The largest absolute Gasteiger partial charge is 0.349 e. The Morgan fingerprint density at radius 1 is 1.42 bits per heavy atom. The van der Waals surface area contributed by atoms with Gasteiger partial charge in [-0.15, -0.1) is 0 Å². The van der Waals surface area contributed by atoms with E-state index < -0.39 is 0 Å². The van der Waals surface area contributed by atoms with E-state index in [1.54, 1.807) is 17.0 Å². The lowest BCUT2D eigenvalue weighted by molar-refractivity contribution is 0.608. The molecule has 1 aromatic carbocycles. The molecule has 0 saturated heterocycles. The summed E-state index contributed by atoms with van der Waals surface area (Å²) < 4.78 is 1.66. The Labute approximate surface area is 115 Å². The van der Waals surface area contributed by atoms with Gasteiger partial charge in [-0.25, -0.2) is 4.98 Å². The van der Waals surface area contributed by atoms with E-state index in [0.29, 0.717) is 22.6 Å². The quantitative estimate of drug-likeness (QED) is 0.797. The van der Waals surface area contributed by atoms with Crippen LogP contribution in [0.5, 0.6) is 0 Å². The Balaban J connectivity index is 2.26. The second-order valence-corrected chi connectivity index (χ2v) is 5.07. The minimum absolute atomic E-state index is 0.0224. The molecule has 5 heteroatoms. The predicted octanol–water partition coefficient (Wildman–Crippen LogP) is 3.33. The summed E-state index contributed by atoms with van der Waals surface area (Å²) in [4.78, 5) is 19.9. The van der Waals surface area contributed by atoms with Crippen LogP contribution in [0.3, 0.4) is 0 Å². The van der Waals surface area contributed by atoms with Crippen molar-refractivity contribution >= 4 is 33.5 Å². The van der Waals surface area contributed by atoms with Crippen LogP contribution >= 0.6 is 11.6 Å². The fourth-order valence-electron chi connectivity index (χ4n) is 2.25. The zero-order valence-corrected chi connectivity index (χ0v) is 11.4. The van der Waals surface area contributed by atoms with Crippen molar-refractivity contribution in [2.24, 2.45) is 0 Å². The van der Waals surface area contributed by atoms with Crippen LogP contribution in [0.15, 0.2) is 29.3 Å². The molecule has 0 saturated carbocycles. The third kappa shape index (κ3) is 2.02. The molecule has 2 aromatic heterocycles. The van der Waals surface area contributed by atoms with E-state index in [1.807, 2.05) is 12.1 Å². The number of fused-ring (bicyclic) bond motifs is 3. The average Bonchev–Trinajstić information content (AvgIpc) is 2.77. The van der Waals surface area contributed by atoms with Crippen LogP contribution in [0, 0.1) is 0 Å². The smallest absolute Gasteiger partial charge is 0.277 e. The lowest BCUT2D eigenvalue weighted by Gasteiger charge is -2.03. The Morgan fingerprint density at radius 3 is 3.05 bits per heavy atom. The molecule has 0 aliphatic carbocycles. The summed E-state index contributed by atoms with van der Waals surface area (Å²) in [7, 11) is 0. The average molecular weight is 276 g/mol. The zero-order valence-electron chi connectivity index (χ0n) is 10.6. The molecule has 3 rings (SSSR count). The van der Waals surface area contributed by atoms with E-state index in [4.69, 9.17) is 11.6 Å². The molecule has 3 aromatic rings. The number of halogens is 1. The topological polar surface area (TPSA) is 50.7 Å². The number of nitrogens with one attached hydrogen (secondary N) is 1. The second kappa shape index (κ2) is 4.70. The Bertz CT molecular complexity index is 803. The SMILES string of the molecule is CCCCn1cnc2c([nH]c3ccc(Cl)cc32)c1=O. The monoisotopic (exact) mass is 275 g/mol. The summed E-state index contributed by atoms with van der Waals surface area (Å²) in [6.45, 7) is 2.80. The highest BCUT2D eigenvalue weighted by molar-refractivity contribution is 6.31. The van der Waals surface area contributed by atoms with E-state index in [0.717, 1.165) is 23.7 Å². The number of hydrogen-bond acceptors (Lipinski definition) is 2. The van der Waals surface area contributed by atoms with Gasteiger partial charge in [0, 0.05) is 22.5 Å². The Hall–Kier alpha value is -1.81. The number of hydrogen-bond donors (Lipinski definition) is 1. The minimum Gasteiger partial charge on any atom is -0.349 e. The van der Waals surface area contributed by atoms with Crippen molar-refractivity contribution in [3.05, 3.63) is 39.9 Å². The fraction of sp³-hybridized carbons (Fsp3) is 0.286. The van der Waals surface area contributed by atoms with Crippen molar-refractivity contribution in [3.8, 4) is 0 Å². The van der Waals surface area contributed by atoms with Crippen LogP contribution in [0.1, 0.15) is 19.8 Å². The molecule has 19 heavy (non-hydrogen) atoms. The molecule has 1 N–H and O–H groups in total. The van der Waals surface area contributed by atoms with Crippen molar-refractivity contribution in [1.82, 2.24) is 14.5 Å². The molecule has 98 valence electrons. The van der Waals surface area contributed by atoms with Crippen molar-refractivity contribution in [2.45, 2.75) is 26.3 Å². The van der Waals surface area contributed by atoms with E-state index in [-0.39, 0.29) is 5.56 Å². The van der Waals surface area contributed by atoms with Crippen LogP contribution in [0.2, 0.25) is 5.02 Å². The maximum atomic E-state index is 12.3. The molecule has 2 heterocycles. The number of aromatic nitrogens is 3. The van der Waals surface area contributed by atoms with Gasteiger partial charge < -0.3 is 4.98 Å². The number of nitrogens with zero attached hydrogens (tertiary/aromatic N) is 2. The normalized spacial score (nSPS) is 11.5. The maximum absolute atomic E-state index is 12.3. The minimum atomic E-state index is -0.0224. The van der Waals surface area contributed by atoms with Gasteiger partial charge in [-0.3, -0.25) is 9.36 Å². The molecule has 0 bridgehead atoms. The second-order valence-electron chi connectivity index (χ2n) is 4.64. The van der Waals surface area contributed by atoms with Gasteiger partial charge in [0.05, 0.1) is 6.33 Å². The first-order valence-corrected chi connectivity index (χ1v) is 6.75. The number of benzene rings is 1. The summed E-state index contributed by atoms with van der Waals surface area (Å²) in [6, 6.07) is 5.50. The lowest BCUT2D eigenvalue weighted by atomic mass is 10.2. The summed E-state index contributed by atoms with van der Waals surface area (Å²) in [5.41, 5.74) is 2.11. The first-order valence-electron chi connectivity index (χ1n) is 6.37. The maximum Gasteiger partial charge on any atom is 0.277 e. The molecule has 0 fully saturated rings. The molecule has 0 unspecified atom stereocenters. The molecule has 0 spiro atoms. The first-order chi connectivity index (χ1) is 9.20. The van der Waals surface area contributed by atoms with E-state index in [9.17, 15) is 4.79 Å². The van der Waals surface area contributed by atoms with Crippen molar-refractivity contribution in [1.29, 1.82) is 0 Å². The van der Waals surface area contributed by atoms with Crippen LogP contribution in [-0.2, 0) is 6.54 Å². The number of aryl methyl sites for hydroxylation is 1. The Kier molecular flexibility index (Phi) is 3.03. The molecule has 0 aliphatic rings. The van der Waals surface area contributed by atoms with Gasteiger partial charge in [0.25, 0.3) is 5.56 Å². The van der Waals surface area contributed by atoms with E-state index >= 15 is 0 Å². The van der Waals surface area contributed by atoms with Crippen LogP contribution in [-0.4, -0.2) is 14.5 Å². The lowest BCUT2D eigenvalue weighted by Crippen LogP contribution is -2.20. The van der Waals surface area contributed by atoms with E-state index in [1.165, 1.54) is 0 Å². The molecular weight excluding hydrogens is 262 g/mol. The van der Waals surface area contributed by atoms with Gasteiger partial charge >= 0.3 is 0 Å². The summed E-state index contributed by atoms with van der Waals surface area (Å²) in [5, 5.41) is 1.53. The standard InChI is InChI=1S/C14H14ClN3O/c1-2-3-6-18-8-16-12-10-7-9(15)4-5-11(10)17-13(12)14(18)19/h4-5,7-8,17H,2-3,6H2,1H3. The Morgan fingerprint density at radius 2 is 2.26 bits per heavy atom. The molecule has 0 amide bonds. The van der Waals surface area contributed by atoms with Gasteiger partial charge in [0.1, 0.15) is 11.0 Å². The van der Waals surface area contributed by atoms with Crippen LogP contribution in [0.25, 0.3) is 21.9 Å². The molecule has 0 atom stereocenters. The van der Waals surface area contributed by atoms with Gasteiger partial charge in [-0.1, -0.05) is 24.9 Å². The highest BCUT2D eigenvalue weighted by Gasteiger charge is 2.10. The van der Waals surface area contributed by atoms with Crippen LogP contribution < -0.4 is 5.56 Å². The fourth-order valence-corrected chi connectivity index (χ4v) is 2.42. The van der Waals surface area contributed by atoms with Gasteiger partial charge in [0.2, 0.25) is 0 Å². The predicted molar refractivity (Wildman–Crippen MR) is 77.8 cm³/mol. The van der Waals surface area contributed by atoms with Gasteiger partial charge in [-0.05, 0) is 24.6 Å². The first kappa shape index (κ1) is 12.2. The van der Waals surface area contributed by atoms with Crippen LogP contribution in [0.4, 0.5) is 0 Å². The summed E-state index contributed by atoms with van der Waals surface area (Å²) in [6.07, 6.45) is 3.64. The van der Waals surface area contributed by atoms with Crippen molar-refractivity contribution in [3.63, 3.8) is 0 Å². The number of unbranched alkanes of at least 4 members (excludes halogenated alkanes) is 1. The van der Waals surface area contributed by atoms with Crippen molar-refractivity contribution < 1.29 is 0 Å². The third-order valence-electron chi connectivity index (χ3n) is 3.29. The highest BCUT2D eigenvalue weighted by Crippen LogP contribution is 2.24. The molecule has 0 radical (unpaired) electrons. The highest BCUT2D eigenvalue weighted by atomic mass is 35.5. The summed E-state index contributed by atoms with van der Waals surface area (Å²) in [5.74, 6) is 0. The molecular formula is C14H14ClN3O. The summed E-state index contributed by atoms with van der Waals surface area (Å²) >= 11 is 5.99. The van der Waals surface area contributed by atoms with Gasteiger partial charge in [-0.2, -0.15) is 0 Å². The molecule has 0 aliphatic heterocycles. The van der Waals surface area contributed by atoms with Gasteiger partial charge in [0.15, 0.2) is 0 Å². The van der Waals surface area contributed by atoms with E-state index in [2.05, 4.69) is 16.9 Å². The third-order valence-corrected chi connectivity index (χ3v) is 3.52. The number of rotatable bonds is 3. The number of H-pyrrole nitrogens is 1.